The summed E-state index contributed by atoms with van der Waals surface area (Å²) >= 11 is 0. The molecule has 0 saturated heterocycles. The zero-order chi connectivity index (χ0) is 6.85. The average molecular weight is 126 g/mol. The van der Waals surface area contributed by atoms with Gasteiger partial charge in [0, 0.05) is 11.6 Å². The maximum Gasteiger partial charge on any atom is 0.179 e. The molecule has 0 unspecified atom stereocenters. The van der Waals surface area contributed by atoms with Gasteiger partial charge in [-0.25, -0.2) is 4.39 Å². The number of hydrogen-bond acceptors (Lipinski definition) is 0. The van der Waals surface area contributed by atoms with Crippen molar-refractivity contribution < 1.29 is 8.78 Å². The van der Waals surface area contributed by atoms with Crippen molar-refractivity contribution in [2.45, 2.75) is 6.92 Å². The molecule has 0 radical (unpaired) electrons. The third-order valence-electron chi connectivity index (χ3n) is 1.07. The van der Waals surface area contributed by atoms with Crippen LogP contribution in [0.25, 0.3) is 0 Å². The van der Waals surface area contributed by atoms with Crippen molar-refractivity contribution in [1.29, 1.82) is 0 Å². The van der Waals surface area contributed by atoms with Crippen LogP contribution in [0, 0.1) is 30.7 Å². The van der Waals surface area contributed by atoms with Crippen LogP contribution < -0.4 is 0 Å². The molecule has 0 spiro atoms. The summed E-state index contributed by atoms with van der Waals surface area (Å²) < 4.78 is 24.5. The van der Waals surface area contributed by atoms with Gasteiger partial charge in [-0.05, 0) is 13.0 Å². The lowest BCUT2D eigenvalue weighted by Gasteiger charge is -1.89. The topological polar surface area (TPSA) is 0 Å². The highest BCUT2D eigenvalue weighted by molar-refractivity contribution is 5.12. The predicted octanol–water partition coefficient (Wildman–Crippen LogP) is 1.87. The van der Waals surface area contributed by atoms with Gasteiger partial charge in [0.1, 0.15) is 5.82 Å². The van der Waals surface area contributed by atoms with Crippen molar-refractivity contribution in [2.75, 3.05) is 0 Å². The first-order chi connectivity index (χ1) is 4.22. The number of rotatable bonds is 0. The van der Waals surface area contributed by atoms with Crippen molar-refractivity contribution in [2.24, 2.45) is 0 Å². The molecule has 0 heterocycles. The molecule has 46 valence electrons. The highest BCUT2D eigenvalue weighted by Crippen LogP contribution is 2.05. The van der Waals surface area contributed by atoms with E-state index in [4.69, 9.17) is 0 Å². The SMILES string of the molecule is Cc1c(F)c#ccc1F. The minimum atomic E-state index is -0.671. The van der Waals surface area contributed by atoms with E-state index in [1.807, 2.05) is 0 Å². The molecule has 0 aromatic heterocycles. The Bertz CT molecular complexity index is 198. The molecule has 2 heteroatoms. The van der Waals surface area contributed by atoms with E-state index in [2.05, 4.69) is 12.1 Å². The minimum Gasteiger partial charge on any atom is -0.206 e. The fraction of sp³-hybridized carbons (Fsp3) is 0.143. The largest absolute Gasteiger partial charge is 0.206 e. The standard InChI is InChI=1S/C7H4F2/c1-5-6(8)3-2-4-7(5)9/h3H,1H3. The monoisotopic (exact) mass is 126 g/mol. The first-order valence-corrected chi connectivity index (χ1v) is 2.46. The summed E-state index contributed by atoms with van der Waals surface area (Å²) in [6.45, 7) is 1.36. The van der Waals surface area contributed by atoms with Crippen LogP contribution in [0.1, 0.15) is 5.56 Å². The van der Waals surface area contributed by atoms with Crippen molar-refractivity contribution in [3.8, 4) is 0 Å². The molecular formula is C7H4F2. The van der Waals surface area contributed by atoms with Gasteiger partial charge in [0.05, 0.1) is 0 Å². The fourth-order valence-electron chi connectivity index (χ4n) is 0.470. The second-order valence-corrected chi connectivity index (χ2v) is 1.70. The Morgan fingerprint density at radius 2 is 2.11 bits per heavy atom. The third-order valence-corrected chi connectivity index (χ3v) is 1.07. The summed E-state index contributed by atoms with van der Waals surface area (Å²) in [5.74, 6) is -1.25. The highest BCUT2D eigenvalue weighted by atomic mass is 19.1. The zero-order valence-electron chi connectivity index (χ0n) is 4.83. The van der Waals surface area contributed by atoms with Crippen molar-refractivity contribution in [3.63, 3.8) is 0 Å². The molecule has 0 aliphatic heterocycles. The molecule has 0 N–H and O–H groups in total. The predicted molar refractivity (Wildman–Crippen MR) is 28.8 cm³/mol. The van der Waals surface area contributed by atoms with Gasteiger partial charge in [0.25, 0.3) is 0 Å². The highest BCUT2D eigenvalue weighted by Gasteiger charge is 1.98. The molecule has 0 bridgehead atoms. The smallest absolute Gasteiger partial charge is 0.179 e. The lowest BCUT2D eigenvalue weighted by atomic mass is 10.2. The molecule has 0 saturated carbocycles. The maximum absolute atomic E-state index is 12.3. The van der Waals surface area contributed by atoms with E-state index in [0.29, 0.717) is 0 Å². The van der Waals surface area contributed by atoms with Crippen LogP contribution >= 0.6 is 0 Å². The Kier molecular flexibility index (Phi) is 1.35. The summed E-state index contributed by atoms with van der Waals surface area (Å²) in [6.07, 6.45) is 0. The minimum absolute atomic E-state index is 0.00579. The van der Waals surface area contributed by atoms with Gasteiger partial charge in [0.15, 0.2) is 5.82 Å². The van der Waals surface area contributed by atoms with Gasteiger partial charge in [-0.15, -0.1) is 0 Å². The molecule has 0 fully saturated rings. The first kappa shape index (κ1) is 6.03. The van der Waals surface area contributed by atoms with Gasteiger partial charge in [0.2, 0.25) is 0 Å². The second-order valence-electron chi connectivity index (χ2n) is 1.70. The van der Waals surface area contributed by atoms with Crippen LogP contribution in [0.2, 0.25) is 0 Å². The summed E-state index contributed by atoms with van der Waals surface area (Å²) in [5, 5.41) is 0. The quantitative estimate of drug-likeness (QED) is 0.497. The summed E-state index contributed by atoms with van der Waals surface area (Å²) in [4.78, 5) is 0. The molecule has 1 aromatic carbocycles. The molecule has 0 amide bonds. The Labute approximate surface area is 52.1 Å². The Hall–Kier alpha value is -1.10. The normalized spacial score (nSPS) is 8.78. The van der Waals surface area contributed by atoms with E-state index in [9.17, 15) is 8.78 Å². The summed E-state index contributed by atoms with van der Waals surface area (Å²) in [5.41, 5.74) is -0.00579. The molecule has 1 rings (SSSR count). The van der Waals surface area contributed by atoms with E-state index >= 15 is 0 Å². The Morgan fingerprint density at radius 1 is 1.44 bits per heavy atom. The van der Waals surface area contributed by atoms with E-state index < -0.39 is 11.6 Å². The van der Waals surface area contributed by atoms with Gasteiger partial charge >= 0.3 is 0 Å². The van der Waals surface area contributed by atoms with Crippen LogP contribution in [0.5, 0.6) is 0 Å². The third kappa shape index (κ3) is 0.996. The van der Waals surface area contributed by atoms with Crippen molar-refractivity contribution >= 4 is 0 Å². The van der Waals surface area contributed by atoms with E-state index in [1.165, 1.54) is 6.92 Å². The fourth-order valence-corrected chi connectivity index (χ4v) is 0.470. The van der Waals surface area contributed by atoms with Gasteiger partial charge in [-0.1, -0.05) is 6.07 Å². The average Bonchev–Trinajstić information content (AvgIpc) is 1.83. The van der Waals surface area contributed by atoms with Crippen LogP contribution in [-0.4, -0.2) is 0 Å². The number of halogens is 2. The van der Waals surface area contributed by atoms with Crippen molar-refractivity contribution in [1.82, 2.24) is 0 Å². The van der Waals surface area contributed by atoms with E-state index in [-0.39, 0.29) is 5.56 Å². The van der Waals surface area contributed by atoms with Crippen LogP contribution in [0.3, 0.4) is 0 Å². The molecule has 0 nitrogen and oxygen atoms in total. The molecule has 0 aliphatic rings. The van der Waals surface area contributed by atoms with Gasteiger partial charge in [-0.2, -0.15) is 4.39 Å². The summed E-state index contributed by atoms with van der Waals surface area (Å²) in [7, 11) is 0. The van der Waals surface area contributed by atoms with Gasteiger partial charge < -0.3 is 0 Å². The van der Waals surface area contributed by atoms with Crippen LogP contribution in [0.15, 0.2) is 6.07 Å². The lowest BCUT2D eigenvalue weighted by molar-refractivity contribution is 0.570. The van der Waals surface area contributed by atoms with Crippen LogP contribution in [0.4, 0.5) is 8.78 Å². The molecule has 0 atom stereocenters. The van der Waals surface area contributed by atoms with Gasteiger partial charge in [-0.3, -0.25) is 0 Å². The molecule has 1 aromatic rings. The van der Waals surface area contributed by atoms with E-state index in [1.54, 1.807) is 0 Å². The molecule has 9 heavy (non-hydrogen) atoms. The van der Waals surface area contributed by atoms with Crippen molar-refractivity contribution in [3.05, 3.63) is 35.4 Å². The first-order valence-electron chi connectivity index (χ1n) is 2.46. The molecular weight excluding hydrogens is 122 g/mol. The Morgan fingerprint density at radius 3 is 2.56 bits per heavy atom. The Balaban J connectivity index is 3.25. The molecule has 0 aliphatic carbocycles. The van der Waals surface area contributed by atoms with E-state index in [0.717, 1.165) is 6.07 Å². The summed E-state index contributed by atoms with van der Waals surface area (Å²) in [6, 6.07) is 5.36. The lowest BCUT2D eigenvalue weighted by Crippen LogP contribution is -1.83. The second kappa shape index (κ2) is 2.02. The zero-order valence-corrected chi connectivity index (χ0v) is 4.83. The number of hydrogen-bond donors (Lipinski definition) is 0. The maximum atomic E-state index is 12.3. The van der Waals surface area contributed by atoms with Crippen LogP contribution in [-0.2, 0) is 0 Å².